The van der Waals surface area contributed by atoms with E-state index in [1.165, 1.54) is 0 Å². The SMILES string of the molecule is CC(=O)N1CCc2cc(NC(=O)c3oc4c(c3C)C(=O)CC(C)(C)C4)ccc21. The molecule has 0 saturated heterocycles. The summed E-state index contributed by atoms with van der Waals surface area (Å²) in [6.45, 7) is 8.03. The zero-order chi connectivity index (χ0) is 20.2. The van der Waals surface area contributed by atoms with Crippen LogP contribution in [0.2, 0.25) is 0 Å². The van der Waals surface area contributed by atoms with E-state index in [-0.39, 0.29) is 28.8 Å². The lowest BCUT2D eigenvalue weighted by Crippen LogP contribution is -2.26. The number of carbonyl (C=O) groups is 3. The van der Waals surface area contributed by atoms with Gasteiger partial charge in [-0.15, -0.1) is 0 Å². The van der Waals surface area contributed by atoms with Crippen LogP contribution in [0.15, 0.2) is 22.6 Å². The van der Waals surface area contributed by atoms with Crippen LogP contribution in [0.1, 0.15) is 65.0 Å². The van der Waals surface area contributed by atoms with Gasteiger partial charge in [-0.05, 0) is 42.5 Å². The molecule has 0 atom stereocenters. The third kappa shape index (κ3) is 3.03. The quantitative estimate of drug-likeness (QED) is 0.857. The van der Waals surface area contributed by atoms with Gasteiger partial charge in [0.05, 0.1) is 5.56 Å². The second kappa shape index (κ2) is 6.33. The first kappa shape index (κ1) is 18.5. The van der Waals surface area contributed by atoms with Crippen LogP contribution in [-0.4, -0.2) is 24.1 Å². The molecule has 6 heteroatoms. The summed E-state index contributed by atoms with van der Waals surface area (Å²) in [5.41, 5.74) is 3.58. The minimum Gasteiger partial charge on any atom is -0.455 e. The average Bonchev–Trinajstić information content (AvgIpc) is 3.14. The summed E-state index contributed by atoms with van der Waals surface area (Å²) in [6, 6.07) is 5.53. The maximum absolute atomic E-state index is 12.8. The van der Waals surface area contributed by atoms with Crippen molar-refractivity contribution in [3.8, 4) is 0 Å². The van der Waals surface area contributed by atoms with Gasteiger partial charge in [0, 0.05) is 43.2 Å². The van der Waals surface area contributed by atoms with Gasteiger partial charge < -0.3 is 14.6 Å². The topological polar surface area (TPSA) is 79.6 Å². The molecular weight excluding hydrogens is 356 g/mol. The molecule has 4 rings (SSSR count). The van der Waals surface area contributed by atoms with Crippen LogP contribution in [0.5, 0.6) is 0 Å². The highest BCUT2D eigenvalue weighted by molar-refractivity contribution is 6.08. The molecule has 0 unspecified atom stereocenters. The van der Waals surface area contributed by atoms with Gasteiger partial charge in [-0.1, -0.05) is 13.8 Å². The number of nitrogens with zero attached hydrogens (tertiary/aromatic N) is 1. The standard InChI is InChI=1S/C22H24N2O4/c1-12-19-17(26)10-22(3,4)11-18(19)28-20(12)21(27)23-15-5-6-16-14(9-15)7-8-24(16)13(2)25/h5-6,9H,7-8,10-11H2,1-4H3,(H,23,27). The Morgan fingerprint density at radius 1 is 1.21 bits per heavy atom. The van der Waals surface area contributed by atoms with Gasteiger partial charge in [-0.25, -0.2) is 0 Å². The summed E-state index contributed by atoms with van der Waals surface area (Å²) in [4.78, 5) is 38.7. The fourth-order valence-corrected chi connectivity index (χ4v) is 4.29. The van der Waals surface area contributed by atoms with Crippen molar-refractivity contribution in [2.45, 2.75) is 47.0 Å². The van der Waals surface area contributed by atoms with Crippen LogP contribution in [-0.2, 0) is 17.6 Å². The number of carbonyl (C=O) groups excluding carboxylic acids is 3. The first-order valence-corrected chi connectivity index (χ1v) is 9.54. The van der Waals surface area contributed by atoms with Crippen molar-refractivity contribution in [1.29, 1.82) is 0 Å². The molecule has 1 aliphatic heterocycles. The van der Waals surface area contributed by atoms with Gasteiger partial charge in [0.2, 0.25) is 5.91 Å². The Morgan fingerprint density at radius 3 is 2.68 bits per heavy atom. The maximum atomic E-state index is 12.8. The van der Waals surface area contributed by atoms with Crippen molar-refractivity contribution < 1.29 is 18.8 Å². The highest BCUT2D eigenvalue weighted by Gasteiger charge is 2.37. The van der Waals surface area contributed by atoms with Gasteiger partial charge in [0.15, 0.2) is 11.5 Å². The molecule has 2 amide bonds. The number of fused-ring (bicyclic) bond motifs is 2. The largest absolute Gasteiger partial charge is 0.455 e. The second-order valence-corrected chi connectivity index (χ2v) is 8.51. The minimum atomic E-state index is -0.362. The van der Waals surface area contributed by atoms with Gasteiger partial charge >= 0.3 is 0 Å². The van der Waals surface area contributed by atoms with Gasteiger partial charge in [0.25, 0.3) is 5.91 Å². The molecule has 2 aromatic rings. The van der Waals surface area contributed by atoms with E-state index in [1.54, 1.807) is 24.8 Å². The molecule has 2 aliphatic rings. The van der Waals surface area contributed by atoms with Gasteiger partial charge in [-0.2, -0.15) is 0 Å². The summed E-state index contributed by atoms with van der Waals surface area (Å²) >= 11 is 0. The predicted octanol–water partition coefficient (Wildman–Crippen LogP) is 3.90. The smallest absolute Gasteiger partial charge is 0.291 e. The Bertz CT molecular complexity index is 1020. The zero-order valence-corrected chi connectivity index (χ0v) is 16.6. The number of amides is 2. The lowest BCUT2D eigenvalue weighted by molar-refractivity contribution is -0.116. The number of rotatable bonds is 2. The van der Waals surface area contributed by atoms with Crippen molar-refractivity contribution in [3.05, 3.63) is 46.4 Å². The molecule has 146 valence electrons. The molecule has 6 nitrogen and oxygen atoms in total. The van der Waals surface area contributed by atoms with Crippen LogP contribution in [0.4, 0.5) is 11.4 Å². The number of anilines is 2. The molecule has 0 bridgehead atoms. The Balaban J connectivity index is 1.59. The van der Waals surface area contributed by atoms with Crippen molar-refractivity contribution >= 4 is 29.0 Å². The van der Waals surface area contributed by atoms with E-state index in [4.69, 9.17) is 4.42 Å². The fraction of sp³-hybridized carbons (Fsp3) is 0.409. The van der Waals surface area contributed by atoms with E-state index >= 15 is 0 Å². The Kier molecular flexibility index (Phi) is 4.17. The van der Waals surface area contributed by atoms with Crippen LogP contribution in [0.3, 0.4) is 0 Å². The van der Waals surface area contributed by atoms with Crippen molar-refractivity contribution in [3.63, 3.8) is 0 Å². The summed E-state index contributed by atoms with van der Waals surface area (Å²) < 4.78 is 5.83. The number of nitrogens with one attached hydrogen (secondary N) is 1. The van der Waals surface area contributed by atoms with E-state index in [0.717, 1.165) is 17.7 Å². The lowest BCUT2D eigenvalue weighted by atomic mass is 9.76. The number of Topliss-reactive ketones (excluding diaryl/α,β-unsaturated/α-hetero) is 1. The molecule has 0 spiro atoms. The third-order valence-corrected chi connectivity index (χ3v) is 5.60. The number of ketones is 1. The van der Waals surface area contributed by atoms with E-state index < -0.39 is 0 Å². The van der Waals surface area contributed by atoms with Gasteiger partial charge in [-0.3, -0.25) is 14.4 Å². The Morgan fingerprint density at radius 2 is 1.96 bits per heavy atom. The molecule has 1 aliphatic carbocycles. The monoisotopic (exact) mass is 380 g/mol. The molecule has 1 aromatic carbocycles. The van der Waals surface area contributed by atoms with Crippen molar-refractivity contribution in [2.24, 2.45) is 5.41 Å². The first-order valence-electron chi connectivity index (χ1n) is 9.54. The number of hydrogen-bond donors (Lipinski definition) is 1. The molecule has 0 fully saturated rings. The number of furan rings is 1. The molecule has 0 radical (unpaired) electrons. The van der Waals surface area contributed by atoms with Crippen LogP contribution in [0.25, 0.3) is 0 Å². The summed E-state index contributed by atoms with van der Waals surface area (Å²) in [5, 5.41) is 2.87. The highest BCUT2D eigenvalue weighted by atomic mass is 16.4. The average molecular weight is 380 g/mol. The zero-order valence-electron chi connectivity index (χ0n) is 16.6. The van der Waals surface area contributed by atoms with Crippen LogP contribution < -0.4 is 10.2 Å². The fourth-order valence-electron chi connectivity index (χ4n) is 4.29. The van der Waals surface area contributed by atoms with E-state index in [9.17, 15) is 14.4 Å². The maximum Gasteiger partial charge on any atom is 0.291 e. The Hall–Kier alpha value is -2.89. The molecule has 2 heterocycles. The number of hydrogen-bond acceptors (Lipinski definition) is 4. The van der Waals surface area contributed by atoms with Crippen molar-refractivity contribution in [1.82, 2.24) is 0 Å². The second-order valence-electron chi connectivity index (χ2n) is 8.51. The van der Waals surface area contributed by atoms with Crippen LogP contribution in [0, 0.1) is 12.3 Å². The highest BCUT2D eigenvalue weighted by Crippen LogP contribution is 2.38. The molecule has 28 heavy (non-hydrogen) atoms. The minimum absolute atomic E-state index is 0.0138. The Labute approximate surface area is 163 Å². The van der Waals surface area contributed by atoms with E-state index in [1.807, 2.05) is 26.0 Å². The third-order valence-electron chi connectivity index (χ3n) is 5.60. The lowest BCUT2D eigenvalue weighted by Gasteiger charge is -2.27. The molecule has 0 saturated carbocycles. The normalized spacial score (nSPS) is 17.3. The summed E-state index contributed by atoms with van der Waals surface area (Å²) in [7, 11) is 0. The molecular formula is C22H24N2O4. The van der Waals surface area contributed by atoms with Gasteiger partial charge in [0.1, 0.15) is 5.76 Å². The predicted molar refractivity (Wildman–Crippen MR) is 106 cm³/mol. The molecule has 1 N–H and O–H groups in total. The first-order chi connectivity index (χ1) is 13.2. The van der Waals surface area contributed by atoms with E-state index in [2.05, 4.69) is 5.32 Å². The summed E-state index contributed by atoms with van der Waals surface area (Å²) in [5.74, 6) is 0.490. The van der Waals surface area contributed by atoms with E-state index in [0.29, 0.717) is 42.0 Å². The number of benzene rings is 1. The van der Waals surface area contributed by atoms with Crippen molar-refractivity contribution in [2.75, 3.05) is 16.8 Å². The van der Waals surface area contributed by atoms with Crippen LogP contribution >= 0.6 is 0 Å². The molecule has 1 aromatic heterocycles. The summed E-state index contributed by atoms with van der Waals surface area (Å²) in [6.07, 6.45) is 1.86.